The molecule has 3 saturated heterocycles. The van der Waals surface area contributed by atoms with E-state index in [4.69, 9.17) is 0 Å². The van der Waals surface area contributed by atoms with E-state index in [0.717, 1.165) is 24.6 Å². The van der Waals surface area contributed by atoms with Crippen LogP contribution in [0.5, 0.6) is 0 Å². The zero-order chi connectivity index (χ0) is 11.1. The Balaban J connectivity index is 1.83. The quantitative estimate of drug-likeness (QED) is 0.720. The van der Waals surface area contributed by atoms with E-state index in [1.807, 2.05) is 5.38 Å². The summed E-state index contributed by atoms with van der Waals surface area (Å²) in [6.45, 7) is 7.29. The Morgan fingerprint density at radius 2 is 2.19 bits per heavy atom. The molecule has 0 saturated carbocycles. The summed E-state index contributed by atoms with van der Waals surface area (Å²) in [6, 6.07) is 0.417. The fourth-order valence-electron chi connectivity index (χ4n) is 2.45. The summed E-state index contributed by atoms with van der Waals surface area (Å²) in [5.74, 6) is 0.0683. The van der Waals surface area contributed by atoms with Crippen molar-refractivity contribution in [3.05, 3.63) is 16.1 Å². The highest BCUT2D eigenvalue weighted by molar-refractivity contribution is 7.09. The third-order valence-corrected chi connectivity index (χ3v) is 4.39. The summed E-state index contributed by atoms with van der Waals surface area (Å²) in [6.07, 6.45) is 0. The number of fused-ring (bicyclic) bond motifs is 3. The van der Waals surface area contributed by atoms with E-state index < -0.39 is 0 Å². The van der Waals surface area contributed by atoms with Crippen LogP contribution in [0.4, 0.5) is 0 Å². The maximum absolute atomic E-state index is 11.2. The van der Waals surface area contributed by atoms with Gasteiger partial charge in [-0.15, -0.1) is 11.3 Å². The van der Waals surface area contributed by atoms with Crippen LogP contribution in [-0.4, -0.2) is 53.3 Å². The highest BCUT2D eigenvalue weighted by atomic mass is 32.1. The van der Waals surface area contributed by atoms with E-state index in [0.29, 0.717) is 11.7 Å². The van der Waals surface area contributed by atoms with Gasteiger partial charge >= 0.3 is 0 Å². The number of nitrogens with zero attached hydrogens (tertiary/aromatic N) is 3. The topological polar surface area (TPSA) is 36.4 Å². The van der Waals surface area contributed by atoms with E-state index in [9.17, 15) is 4.79 Å². The van der Waals surface area contributed by atoms with Crippen molar-refractivity contribution in [1.82, 2.24) is 14.8 Å². The number of Topliss-reactive ketones (excluding diaryl/α,β-unsaturated/α-hetero) is 1. The molecule has 4 heterocycles. The molecule has 2 bridgehead atoms. The number of thiazole rings is 1. The van der Waals surface area contributed by atoms with E-state index in [1.54, 1.807) is 18.3 Å². The summed E-state index contributed by atoms with van der Waals surface area (Å²) in [5.41, 5.74) is 0.623. The van der Waals surface area contributed by atoms with Gasteiger partial charge in [0.15, 0.2) is 5.78 Å². The standard InChI is InChI=1S/C11H15N3OS/c1-8(15)9-7-16-11(12-9)10-6-13-2-4-14(10)5-3-13/h7,10H,2-6H2,1H3. The number of hydrogen-bond donors (Lipinski definition) is 0. The highest BCUT2D eigenvalue weighted by Crippen LogP contribution is 2.30. The second kappa shape index (κ2) is 3.91. The molecule has 4 nitrogen and oxygen atoms in total. The Bertz CT molecular complexity index is 409. The lowest BCUT2D eigenvalue weighted by atomic mass is 10.1. The maximum Gasteiger partial charge on any atom is 0.178 e. The predicted octanol–water partition coefficient (Wildman–Crippen LogP) is 1.02. The molecule has 0 amide bonds. The number of aromatic nitrogens is 1. The van der Waals surface area contributed by atoms with Gasteiger partial charge in [-0.25, -0.2) is 4.98 Å². The van der Waals surface area contributed by atoms with E-state index in [-0.39, 0.29) is 5.78 Å². The number of carbonyl (C=O) groups is 1. The Hall–Kier alpha value is -0.780. The maximum atomic E-state index is 11.2. The molecule has 16 heavy (non-hydrogen) atoms. The van der Waals surface area contributed by atoms with Crippen LogP contribution in [0.1, 0.15) is 28.5 Å². The summed E-state index contributed by atoms with van der Waals surface area (Å²) >= 11 is 1.62. The van der Waals surface area contributed by atoms with Crippen LogP contribution in [0.2, 0.25) is 0 Å². The number of rotatable bonds is 2. The zero-order valence-corrected chi connectivity index (χ0v) is 10.2. The molecule has 3 aliphatic rings. The Labute approximate surface area is 98.9 Å². The van der Waals surface area contributed by atoms with Crippen LogP contribution >= 0.6 is 11.3 Å². The first-order chi connectivity index (χ1) is 7.74. The van der Waals surface area contributed by atoms with Gasteiger partial charge in [0.2, 0.25) is 0 Å². The Kier molecular flexibility index (Phi) is 2.53. The minimum atomic E-state index is 0.0683. The number of ketones is 1. The molecular formula is C11H15N3OS. The van der Waals surface area contributed by atoms with Gasteiger partial charge in [0, 0.05) is 45.0 Å². The third kappa shape index (κ3) is 1.69. The fourth-order valence-corrected chi connectivity index (χ4v) is 3.44. The van der Waals surface area contributed by atoms with Gasteiger partial charge in [-0.1, -0.05) is 0 Å². The summed E-state index contributed by atoms with van der Waals surface area (Å²) in [5, 5.41) is 2.99. The van der Waals surface area contributed by atoms with Gasteiger partial charge in [-0.05, 0) is 0 Å². The van der Waals surface area contributed by atoms with Crippen LogP contribution in [0, 0.1) is 0 Å². The van der Waals surface area contributed by atoms with Gasteiger partial charge in [0.1, 0.15) is 10.7 Å². The van der Waals surface area contributed by atoms with Gasteiger partial charge in [0.25, 0.3) is 0 Å². The molecule has 3 aliphatic heterocycles. The Morgan fingerprint density at radius 1 is 1.44 bits per heavy atom. The molecule has 0 radical (unpaired) electrons. The first-order valence-electron chi connectivity index (χ1n) is 5.67. The van der Waals surface area contributed by atoms with Crippen LogP contribution in [0.15, 0.2) is 5.38 Å². The van der Waals surface area contributed by atoms with Gasteiger partial charge in [-0.2, -0.15) is 0 Å². The van der Waals surface area contributed by atoms with Gasteiger partial charge in [-0.3, -0.25) is 14.6 Å². The van der Waals surface area contributed by atoms with Crippen molar-refractivity contribution < 1.29 is 4.79 Å². The Morgan fingerprint density at radius 3 is 2.69 bits per heavy atom. The van der Waals surface area contributed by atoms with Crippen LogP contribution in [0.25, 0.3) is 0 Å². The smallest absolute Gasteiger partial charge is 0.178 e. The lowest BCUT2D eigenvalue weighted by molar-refractivity contribution is 0.0122. The molecule has 3 fully saturated rings. The van der Waals surface area contributed by atoms with Crippen molar-refractivity contribution >= 4 is 17.1 Å². The molecule has 1 atom stereocenters. The minimum Gasteiger partial charge on any atom is -0.299 e. The summed E-state index contributed by atoms with van der Waals surface area (Å²) in [7, 11) is 0. The predicted molar refractivity (Wildman–Crippen MR) is 62.9 cm³/mol. The number of carbonyl (C=O) groups excluding carboxylic acids is 1. The van der Waals surface area contributed by atoms with Crippen molar-refractivity contribution in [3.63, 3.8) is 0 Å². The van der Waals surface area contributed by atoms with Crippen molar-refractivity contribution in [1.29, 1.82) is 0 Å². The molecule has 1 aromatic rings. The van der Waals surface area contributed by atoms with Gasteiger partial charge < -0.3 is 0 Å². The highest BCUT2D eigenvalue weighted by Gasteiger charge is 2.34. The molecule has 86 valence electrons. The van der Waals surface area contributed by atoms with Crippen molar-refractivity contribution in [2.75, 3.05) is 32.7 Å². The molecule has 0 N–H and O–H groups in total. The average Bonchev–Trinajstić information content (AvgIpc) is 2.80. The summed E-state index contributed by atoms with van der Waals surface area (Å²) < 4.78 is 0. The monoisotopic (exact) mass is 237 g/mol. The second-order valence-corrected chi connectivity index (χ2v) is 5.37. The molecule has 0 spiro atoms. The number of piperazine rings is 3. The molecule has 0 aliphatic carbocycles. The largest absolute Gasteiger partial charge is 0.299 e. The van der Waals surface area contributed by atoms with Crippen LogP contribution < -0.4 is 0 Å². The van der Waals surface area contributed by atoms with E-state index in [2.05, 4.69) is 14.8 Å². The van der Waals surface area contributed by atoms with Crippen molar-refractivity contribution in [2.24, 2.45) is 0 Å². The normalized spacial score (nSPS) is 32.9. The lowest BCUT2D eigenvalue weighted by Gasteiger charge is -2.46. The first-order valence-corrected chi connectivity index (χ1v) is 6.55. The molecular weight excluding hydrogens is 222 g/mol. The van der Waals surface area contributed by atoms with Crippen LogP contribution in [0.3, 0.4) is 0 Å². The molecule has 4 rings (SSSR count). The molecule has 1 unspecified atom stereocenters. The van der Waals surface area contributed by atoms with Crippen molar-refractivity contribution in [2.45, 2.75) is 13.0 Å². The van der Waals surface area contributed by atoms with E-state index >= 15 is 0 Å². The minimum absolute atomic E-state index is 0.0683. The second-order valence-electron chi connectivity index (χ2n) is 4.48. The van der Waals surface area contributed by atoms with Gasteiger partial charge in [0.05, 0.1) is 6.04 Å². The average molecular weight is 237 g/mol. The fraction of sp³-hybridized carbons (Fsp3) is 0.636. The third-order valence-electron chi connectivity index (χ3n) is 3.45. The number of hydrogen-bond acceptors (Lipinski definition) is 5. The van der Waals surface area contributed by atoms with Crippen molar-refractivity contribution in [3.8, 4) is 0 Å². The zero-order valence-electron chi connectivity index (χ0n) is 9.35. The lowest BCUT2D eigenvalue weighted by Crippen LogP contribution is -2.56. The summed E-state index contributed by atoms with van der Waals surface area (Å²) in [4.78, 5) is 20.6. The van der Waals surface area contributed by atoms with Crippen LogP contribution in [-0.2, 0) is 0 Å². The van der Waals surface area contributed by atoms with E-state index in [1.165, 1.54) is 13.1 Å². The first kappa shape index (κ1) is 10.4. The molecule has 5 heteroatoms. The molecule has 1 aromatic heterocycles. The SMILES string of the molecule is CC(=O)c1csc(C2CN3CCN2CC3)n1. The molecule has 0 aromatic carbocycles.